The molecule has 1 aromatic carbocycles. The fraction of sp³-hybridized carbons (Fsp3) is 0.125. The standard InChI is InChI=1S/C8H4F4N2O3/c9-4-1-5(3-6(2-4)14(16)17)13-7(15)8(10,11)12/h1-3H,(H,13,15). The van der Waals surface area contributed by atoms with E-state index in [1.165, 1.54) is 5.32 Å². The minimum atomic E-state index is -5.15. The second-order valence-electron chi connectivity index (χ2n) is 2.91. The highest BCUT2D eigenvalue weighted by Gasteiger charge is 2.38. The van der Waals surface area contributed by atoms with Crippen LogP contribution in [0.15, 0.2) is 18.2 Å². The lowest BCUT2D eigenvalue weighted by molar-refractivity contribution is -0.385. The van der Waals surface area contributed by atoms with Gasteiger partial charge in [0.25, 0.3) is 5.69 Å². The molecular formula is C8H4F4N2O3. The van der Waals surface area contributed by atoms with Gasteiger partial charge in [-0.25, -0.2) is 4.39 Å². The van der Waals surface area contributed by atoms with E-state index in [9.17, 15) is 32.5 Å². The van der Waals surface area contributed by atoms with E-state index in [0.717, 1.165) is 0 Å². The number of anilines is 1. The predicted octanol–water partition coefficient (Wildman–Crippen LogP) is 2.23. The Hall–Kier alpha value is -2.19. The van der Waals surface area contributed by atoms with E-state index in [1.807, 2.05) is 0 Å². The van der Waals surface area contributed by atoms with E-state index in [4.69, 9.17) is 0 Å². The summed E-state index contributed by atoms with van der Waals surface area (Å²) in [6.45, 7) is 0. The van der Waals surface area contributed by atoms with Gasteiger partial charge in [0.15, 0.2) is 0 Å². The third-order valence-electron chi connectivity index (χ3n) is 1.61. The number of benzene rings is 1. The zero-order valence-corrected chi connectivity index (χ0v) is 7.92. The number of nitrogens with zero attached hydrogens (tertiary/aromatic N) is 1. The van der Waals surface area contributed by atoms with Crippen LogP contribution in [0.2, 0.25) is 0 Å². The van der Waals surface area contributed by atoms with Crippen molar-refractivity contribution >= 4 is 17.3 Å². The summed E-state index contributed by atoms with van der Waals surface area (Å²) in [7, 11) is 0. The molecule has 0 saturated heterocycles. The second kappa shape index (κ2) is 4.36. The maximum Gasteiger partial charge on any atom is 0.471 e. The smallest absolute Gasteiger partial charge is 0.318 e. The lowest BCUT2D eigenvalue weighted by Crippen LogP contribution is -2.29. The minimum Gasteiger partial charge on any atom is -0.318 e. The monoisotopic (exact) mass is 252 g/mol. The lowest BCUT2D eigenvalue weighted by atomic mass is 10.2. The van der Waals surface area contributed by atoms with Crippen molar-refractivity contribution in [3.8, 4) is 0 Å². The van der Waals surface area contributed by atoms with Gasteiger partial charge in [-0.3, -0.25) is 14.9 Å². The fourth-order valence-corrected chi connectivity index (χ4v) is 0.954. The van der Waals surface area contributed by atoms with Gasteiger partial charge in [-0.05, 0) is 6.07 Å². The summed E-state index contributed by atoms with van der Waals surface area (Å²) in [4.78, 5) is 19.8. The molecule has 0 atom stereocenters. The Morgan fingerprint density at radius 2 is 1.88 bits per heavy atom. The molecule has 0 aliphatic heterocycles. The summed E-state index contributed by atoms with van der Waals surface area (Å²) in [6.07, 6.45) is -5.15. The number of carbonyl (C=O) groups is 1. The highest BCUT2D eigenvalue weighted by molar-refractivity contribution is 5.95. The molecule has 1 amide bonds. The van der Waals surface area contributed by atoms with Crippen molar-refractivity contribution in [3.05, 3.63) is 34.1 Å². The first-order valence-corrected chi connectivity index (χ1v) is 4.03. The summed E-state index contributed by atoms with van der Waals surface area (Å²) in [5.41, 5.74) is -1.40. The van der Waals surface area contributed by atoms with Crippen LogP contribution in [0.25, 0.3) is 0 Å². The first kappa shape index (κ1) is 12.9. The number of alkyl halides is 3. The van der Waals surface area contributed by atoms with Crippen molar-refractivity contribution in [2.75, 3.05) is 5.32 Å². The van der Waals surface area contributed by atoms with Crippen LogP contribution in [0.4, 0.5) is 28.9 Å². The molecule has 0 fully saturated rings. The first-order chi connectivity index (χ1) is 7.70. The molecule has 9 heteroatoms. The molecule has 0 saturated carbocycles. The molecule has 1 aromatic rings. The number of non-ortho nitro benzene ring substituents is 1. The molecular weight excluding hydrogens is 248 g/mol. The van der Waals surface area contributed by atoms with Gasteiger partial charge in [-0.1, -0.05) is 0 Å². The summed E-state index contributed by atoms with van der Waals surface area (Å²) < 4.78 is 48.4. The molecule has 0 aromatic heterocycles. The highest BCUT2D eigenvalue weighted by atomic mass is 19.4. The number of amides is 1. The molecule has 1 N–H and O–H groups in total. The van der Waals surface area contributed by atoms with Crippen LogP contribution in [-0.2, 0) is 4.79 Å². The molecule has 0 aliphatic carbocycles. The summed E-state index contributed by atoms with van der Waals surface area (Å²) in [5.74, 6) is -3.46. The summed E-state index contributed by atoms with van der Waals surface area (Å²) in [5, 5.41) is 11.6. The zero-order chi connectivity index (χ0) is 13.2. The quantitative estimate of drug-likeness (QED) is 0.498. The highest BCUT2D eigenvalue weighted by Crippen LogP contribution is 2.22. The summed E-state index contributed by atoms with van der Waals surface area (Å²) >= 11 is 0. The molecule has 0 unspecified atom stereocenters. The SMILES string of the molecule is O=C(Nc1cc(F)cc([N+](=O)[O-])c1)C(F)(F)F. The van der Waals surface area contributed by atoms with Crippen molar-refractivity contribution in [1.82, 2.24) is 0 Å². The maximum atomic E-state index is 12.8. The van der Waals surface area contributed by atoms with Gasteiger partial charge in [-0.2, -0.15) is 13.2 Å². The second-order valence-corrected chi connectivity index (χ2v) is 2.91. The van der Waals surface area contributed by atoms with Crippen LogP contribution in [0.5, 0.6) is 0 Å². The van der Waals surface area contributed by atoms with Crippen molar-refractivity contribution in [3.63, 3.8) is 0 Å². The van der Waals surface area contributed by atoms with Gasteiger partial charge in [0.05, 0.1) is 16.7 Å². The Labute approximate surface area is 91.2 Å². The number of nitro benzene ring substituents is 1. The van der Waals surface area contributed by atoms with Crippen molar-refractivity contribution in [1.29, 1.82) is 0 Å². The van der Waals surface area contributed by atoms with Crippen molar-refractivity contribution in [2.24, 2.45) is 0 Å². The molecule has 0 heterocycles. The number of nitrogens with one attached hydrogen (secondary N) is 1. The molecule has 1 rings (SSSR count). The van der Waals surface area contributed by atoms with E-state index in [2.05, 4.69) is 0 Å². The van der Waals surface area contributed by atoms with E-state index in [1.54, 1.807) is 0 Å². The minimum absolute atomic E-state index is 0.517. The predicted molar refractivity (Wildman–Crippen MR) is 47.7 cm³/mol. The summed E-state index contributed by atoms with van der Waals surface area (Å²) in [6, 6.07) is 1.67. The third kappa shape index (κ3) is 3.40. The van der Waals surface area contributed by atoms with E-state index in [0.29, 0.717) is 18.2 Å². The van der Waals surface area contributed by atoms with Crippen molar-refractivity contribution < 1.29 is 27.3 Å². The van der Waals surface area contributed by atoms with Gasteiger partial charge in [0, 0.05) is 6.07 Å². The number of nitro groups is 1. The number of halogens is 4. The first-order valence-electron chi connectivity index (χ1n) is 4.03. The molecule has 5 nitrogen and oxygen atoms in total. The van der Waals surface area contributed by atoms with Gasteiger partial charge in [0.1, 0.15) is 5.82 Å². The van der Waals surface area contributed by atoms with Crippen molar-refractivity contribution in [2.45, 2.75) is 6.18 Å². The van der Waals surface area contributed by atoms with Crippen LogP contribution in [-0.4, -0.2) is 17.0 Å². The van der Waals surface area contributed by atoms with Crippen LogP contribution in [0.1, 0.15) is 0 Å². The molecule has 0 radical (unpaired) electrons. The number of hydrogen-bond donors (Lipinski definition) is 1. The Morgan fingerprint density at radius 3 is 2.35 bits per heavy atom. The van der Waals surface area contributed by atoms with Crippen LogP contribution in [0.3, 0.4) is 0 Å². The van der Waals surface area contributed by atoms with Crippen LogP contribution < -0.4 is 5.32 Å². The Bertz CT molecular complexity index is 472. The molecule has 92 valence electrons. The zero-order valence-electron chi connectivity index (χ0n) is 7.92. The van der Waals surface area contributed by atoms with Crippen LogP contribution >= 0.6 is 0 Å². The maximum absolute atomic E-state index is 12.8. The number of rotatable bonds is 2. The number of carbonyl (C=O) groups excluding carboxylic acids is 1. The average Bonchev–Trinajstić information content (AvgIpc) is 2.14. The fourth-order valence-electron chi connectivity index (χ4n) is 0.954. The van der Waals surface area contributed by atoms with Gasteiger partial charge >= 0.3 is 12.1 Å². The Kier molecular flexibility index (Phi) is 3.30. The Morgan fingerprint density at radius 1 is 1.29 bits per heavy atom. The van der Waals surface area contributed by atoms with Gasteiger partial charge in [0.2, 0.25) is 0 Å². The normalized spacial score (nSPS) is 11.1. The lowest BCUT2D eigenvalue weighted by Gasteiger charge is -2.07. The Balaban J connectivity index is 3.00. The average molecular weight is 252 g/mol. The largest absolute Gasteiger partial charge is 0.471 e. The van der Waals surface area contributed by atoms with E-state index < -0.39 is 34.2 Å². The molecule has 0 bridgehead atoms. The molecule has 0 spiro atoms. The number of hydrogen-bond acceptors (Lipinski definition) is 3. The van der Waals surface area contributed by atoms with E-state index in [-0.39, 0.29) is 0 Å². The van der Waals surface area contributed by atoms with Gasteiger partial charge < -0.3 is 5.32 Å². The topological polar surface area (TPSA) is 72.2 Å². The van der Waals surface area contributed by atoms with Crippen LogP contribution in [0, 0.1) is 15.9 Å². The van der Waals surface area contributed by atoms with E-state index >= 15 is 0 Å². The molecule has 17 heavy (non-hydrogen) atoms. The van der Waals surface area contributed by atoms with Gasteiger partial charge in [-0.15, -0.1) is 0 Å². The third-order valence-corrected chi connectivity index (χ3v) is 1.61. The molecule has 0 aliphatic rings.